The average Bonchev–Trinajstić information content (AvgIpc) is 3.31. The van der Waals surface area contributed by atoms with E-state index >= 15 is 0 Å². The first-order chi connectivity index (χ1) is 10.1. The highest BCUT2D eigenvalue weighted by Gasteiger charge is 2.47. The van der Waals surface area contributed by atoms with Gasteiger partial charge in [-0.15, -0.1) is 0 Å². The maximum atomic E-state index is 13.2. The van der Waals surface area contributed by atoms with Crippen LogP contribution in [0.3, 0.4) is 0 Å². The van der Waals surface area contributed by atoms with Crippen LogP contribution in [0, 0.1) is 5.41 Å². The molecule has 0 radical (unpaired) electrons. The van der Waals surface area contributed by atoms with Crippen molar-refractivity contribution >= 4 is 11.7 Å². The summed E-state index contributed by atoms with van der Waals surface area (Å²) in [5.74, 6) is 0.149. The molecule has 0 bridgehead atoms. The van der Waals surface area contributed by atoms with Gasteiger partial charge in [-0.3, -0.25) is 4.79 Å². The number of amidine groups is 1. The van der Waals surface area contributed by atoms with E-state index in [0.717, 1.165) is 45.1 Å². The van der Waals surface area contributed by atoms with Crippen molar-refractivity contribution in [1.29, 1.82) is 0 Å². The number of amides is 1. The third-order valence-electron chi connectivity index (χ3n) is 4.36. The number of carbonyl (C=O) groups is 1. The highest BCUT2D eigenvalue weighted by Crippen LogP contribution is 2.37. The van der Waals surface area contributed by atoms with Gasteiger partial charge in [-0.1, -0.05) is 45.2 Å². The molecule has 0 spiro atoms. The summed E-state index contributed by atoms with van der Waals surface area (Å²) >= 11 is 0. The molecule has 0 aromatic carbocycles. The van der Waals surface area contributed by atoms with Gasteiger partial charge in [-0.25, -0.2) is 0 Å². The number of hydrogen-bond donors (Lipinski definition) is 2. The first-order valence-corrected chi connectivity index (χ1v) is 8.36. The van der Waals surface area contributed by atoms with Gasteiger partial charge in [0.15, 0.2) is 5.84 Å². The molecule has 0 atom stereocenters. The lowest BCUT2D eigenvalue weighted by molar-refractivity contribution is -0.140. The lowest BCUT2D eigenvalue weighted by atomic mass is 9.76. The summed E-state index contributed by atoms with van der Waals surface area (Å²) in [6.07, 6.45) is 7.21. The van der Waals surface area contributed by atoms with Crippen molar-refractivity contribution in [2.24, 2.45) is 16.3 Å². The van der Waals surface area contributed by atoms with E-state index in [1.165, 1.54) is 0 Å². The molecule has 122 valence electrons. The second-order valence-corrected chi connectivity index (χ2v) is 6.15. The van der Waals surface area contributed by atoms with Crippen molar-refractivity contribution in [2.45, 2.75) is 78.2 Å². The van der Waals surface area contributed by atoms with E-state index in [-0.39, 0.29) is 11.7 Å². The van der Waals surface area contributed by atoms with Crippen LogP contribution in [0.4, 0.5) is 0 Å². The molecule has 1 saturated carbocycles. The van der Waals surface area contributed by atoms with Gasteiger partial charge in [0, 0.05) is 12.6 Å². The topological polar surface area (TPSA) is 78.9 Å². The third-order valence-corrected chi connectivity index (χ3v) is 4.36. The highest BCUT2D eigenvalue weighted by atomic mass is 16.4. The van der Waals surface area contributed by atoms with Gasteiger partial charge in [-0.2, -0.15) is 0 Å². The molecule has 21 heavy (non-hydrogen) atoms. The van der Waals surface area contributed by atoms with Gasteiger partial charge in [0.2, 0.25) is 5.91 Å². The second-order valence-electron chi connectivity index (χ2n) is 6.15. The van der Waals surface area contributed by atoms with E-state index in [2.05, 4.69) is 12.1 Å². The van der Waals surface area contributed by atoms with Crippen LogP contribution in [-0.2, 0) is 4.79 Å². The smallest absolute Gasteiger partial charge is 0.236 e. The maximum absolute atomic E-state index is 13.2. The van der Waals surface area contributed by atoms with E-state index < -0.39 is 5.41 Å². The van der Waals surface area contributed by atoms with Gasteiger partial charge in [-0.05, 0) is 32.1 Å². The molecule has 1 fully saturated rings. The Morgan fingerprint density at radius 3 is 2.19 bits per heavy atom. The van der Waals surface area contributed by atoms with Crippen LogP contribution in [-0.4, -0.2) is 34.4 Å². The fourth-order valence-corrected chi connectivity index (χ4v) is 3.09. The Balaban J connectivity index is 3.05. The van der Waals surface area contributed by atoms with Crippen LogP contribution in [0.1, 0.15) is 72.1 Å². The molecule has 5 heteroatoms. The molecule has 0 aliphatic heterocycles. The summed E-state index contributed by atoms with van der Waals surface area (Å²) in [4.78, 5) is 15.2. The van der Waals surface area contributed by atoms with Crippen LogP contribution in [0.25, 0.3) is 0 Å². The van der Waals surface area contributed by atoms with E-state index in [4.69, 9.17) is 5.73 Å². The third kappa shape index (κ3) is 4.11. The summed E-state index contributed by atoms with van der Waals surface area (Å²) in [6.45, 7) is 6.99. The number of unbranched alkanes of at least 4 members (excludes halogenated alkanes) is 1. The summed E-state index contributed by atoms with van der Waals surface area (Å²) in [5, 5.41) is 12.4. The van der Waals surface area contributed by atoms with E-state index in [1.807, 2.05) is 18.7 Å². The zero-order valence-corrected chi connectivity index (χ0v) is 13.8. The first kappa shape index (κ1) is 17.8. The van der Waals surface area contributed by atoms with Crippen molar-refractivity contribution in [3.8, 4) is 0 Å². The summed E-state index contributed by atoms with van der Waals surface area (Å²) in [6, 6.07) is 0.364. The van der Waals surface area contributed by atoms with Crippen molar-refractivity contribution in [1.82, 2.24) is 4.90 Å². The molecule has 0 aromatic heterocycles. The molecule has 0 heterocycles. The first-order valence-electron chi connectivity index (χ1n) is 8.36. The Labute approximate surface area is 128 Å². The second kappa shape index (κ2) is 8.25. The summed E-state index contributed by atoms with van der Waals surface area (Å²) in [7, 11) is 0. The van der Waals surface area contributed by atoms with Gasteiger partial charge >= 0.3 is 0 Å². The Hall–Kier alpha value is -1.26. The molecule has 3 N–H and O–H groups in total. The molecule has 1 amide bonds. The van der Waals surface area contributed by atoms with Crippen LogP contribution in [0.5, 0.6) is 0 Å². The molecule has 1 aliphatic rings. The van der Waals surface area contributed by atoms with Gasteiger partial charge in [0.25, 0.3) is 0 Å². The molecule has 1 aliphatic carbocycles. The Bertz CT molecular complexity index is 359. The van der Waals surface area contributed by atoms with Gasteiger partial charge in [0.05, 0.1) is 0 Å². The monoisotopic (exact) mass is 297 g/mol. The van der Waals surface area contributed by atoms with Crippen molar-refractivity contribution in [3.05, 3.63) is 0 Å². The minimum absolute atomic E-state index is 0.0671. The molecular formula is C16H31N3O2. The van der Waals surface area contributed by atoms with Gasteiger partial charge in [0.1, 0.15) is 5.41 Å². The Kier molecular flexibility index (Phi) is 6.99. The number of carbonyl (C=O) groups excluding carboxylic acids is 1. The number of nitrogens with two attached hydrogens (primary N) is 1. The van der Waals surface area contributed by atoms with Gasteiger partial charge < -0.3 is 15.8 Å². The van der Waals surface area contributed by atoms with E-state index in [1.54, 1.807) is 0 Å². The minimum atomic E-state index is -0.825. The van der Waals surface area contributed by atoms with Crippen LogP contribution in [0.2, 0.25) is 0 Å². The predicted octanol–water partition coefficient (Wildman–Crippen LogP) is 3.11. The van der Waals surface area contributed by atoms with Crippen molar-refractivity contribution in [3.63, 3.8) is 0 Å². The number of nitrogens with zero attached hydrogens (tertiary/aromatic N) is 2. The zero-order chi connectivity index (χ0) is 15.9. The zero-order valence-electron chi connectivity index (χ0n) is 13.8. The largest absolute Gasteiger partial charge is 0.409 e. The van der Waals surface area contributed by atoms with Crippen LogP contribution >= 0.6 is 0 Å². The van der Waals surface area contributed by atoms with E-state index in [0.29, 0.717) is 18.9 Å². The fourth-order valence-electron chi connectivity index (χ4n) is 3.09. The normalized spacial score (nSPS) is 16.0. The average molecular weight is 297 g/mol. The molecular weight excluding hydrogens is 266 g/mol. The molecule has 5 nitrogen and oxygen atoms in total. The lowest BCUT2D eigenvalue weighted by Gasteiger charge is -2.36. The SMILES string of the molecule is CCCCN(C(=O)C(CCC)(CCC)C(N)=NO)C1CC1. The van der Waals surface area contributed by atoms with Crippen LogP contribution < -0.4 is 5.73 Å². The molecule has 0 unspecified atom stereocenters. The highest BCUT2D eigenvalue weighted by molar-refractivity contribution is 6.06. The summed E-state index contributed by atoms with van der Waals surface area (Å²) in [5.41, 5.74) is 5.14. The quantitative estimate of drug-likeness (QED) is 0.281. The Morgan fingerprint density at radius 2 is 1.81 bits per heavy atom. The standard InChI is InChI=1S/C16H31N3O2/c1-4-7-12-19(13-8-9-13)15(20)16(10-5-2,11-6-3)14(17)18-21/h13,21H,4-12H2,1-3H3,(H2,17,18). The molecule has 0 aromatic rings. The Morgan fingerprint density at radius 1 is 1.24 bits per heavy atom. The summed E-state index contributed by atoms with van der Waals surface area (Å²) < 4.78 is 0. The van der Waals surface area contributed by atoms with Crippen molar-refractivity contribution in [2.75, 3.05) is 6.54 Å². The molecule has 0 saturated heterocycles. The predicted molar refractivity (Wildman–Crippen MR) is 85.3 cm³/mol. The van der Waals surface area contributed by atoms with Crippen molar-refractivity contribution < 1.29 is 10.0 Å². The molecule has 1 rings (SSSR count). The lowest BCUT2D eigenvalue weighted by Crippen LogP contribution is -2.52. The van der Waals surface area contributed by atoms with Crippen LogP contribution in [0.15, 0.2) is 5.16 Å². The fraction of sp³-hybridized carbons (Fsp3) is 0.875. The number of hydrogen-bond acceptors (Lipinski definition) is 3. The number of oxime groups is 1. The number of rotatable bonds is 10. The maximum Gasteiger partial charge on any atom is 0.236 e. The van der Waals surface area contributed by atoms with E-state index in [9.17, 15) is 10.0 Å². The minimum Gasteiger partial charge on any atom is -0.409 e.